The van der Waals surface area contributed by atoms with Crippen LogP contribution >= 0.6 is 0 Å². The van der Waals surface area contributed by atoms with E-state index in [2.05, 4.69) is 10.6 Å². The molecule has 3 aromatic carbocycles. The molecule has 0 spiro atoms. The van der Waals surface area contributed by atoms with Gasteiger partial charge in [0.1, 0.15) is 23.3 Å². The number of urea groups is 2. The van der Waals surface area contributed by atoms with Crippen LogP contribution in [0.15, 0.2) is 60.7 Å². The van der Waals surface area contributed by atoms with Crippen molar-refractivity contribution in [1.82, 2.24) is 9.80 Å². The first kappa shape index (κ1) is 29.4. The molecule has 3 aromatic rings. The van der Waals surface area contributed by atoms with Crippen molar-refractivity contribution < 1.29 is 27.2 Å². The third-order valence-corrected chi connectivity index (χ3v) is 8.13. The predicted molar refractivity (Wildman–Crippen MR) is 153 cm³/mol. The van der Waals surface area contributed by atoms with Gasteiger partial charge in [0.05, 0.1) is 11.4 Å². The summed E-state index contributed by atoms with van der Waals surface area (Å²) >= 11 is 0. The Balaban J connectivity index is 1.28. The number of carbonyl (C=O) groups is 2. The van der Waals surface area contributed by atoms with Crippen LogP contribution in [0, 0.1) is 23.3 Å². The Labute approximate surface area is 242 Å². The lowest BCUT2D eigenvalue weighted by atomic mass is 10.1. The molecule has 2 N–H and O–H groups in total. The zero-order chi connectivity index (χ0) is 29.6. The van der Waals surface area contributed by atoms with Crippen LogP contribution in [0.4, 0.5) is 38.5 Å². The van der Waals surface area contributed by atoms with Crippen molar-refractivity contribution >= 4 is 23.4 Å². The SMILES string of the molecule is O=C(Nc1ccc(F)cc1F)N(Cc1ccc(CN(C(=O)Nc2ccc(F)cc2F)C2CCCC2)cc1)C1CCCC1. The number of hydrogen-bond acceptors (Lipinski definition) is 2. The van der Waals surface area contributed by atoms with Gasteiger partial charge < -0.3 is 20.4 Å². The van der Waals surface area contributed by atoms with Crippen LogP contribution < -0.4 is 10.6 Å². The Morgan fingerprint density at radius 1 is 0.595 bits per heavy atom. The number of anilines is 2. The van der Waals surface area contributed by atoms with Crippen LogP contribution in [-0.4, -0.2) is 33.9 Å². The number of nitrogens with one attached hydrogen (secondary N) is 2. The normalized spacial score (nSPS) is 15.5. The van der Waals surface area contributed by atoms with Crippen LogP contribution in [0.25, 0.3) is 0 Å². The number of nitrogens with zero attached hydrogens (tertiary/aromatic N) is 2. The maximum absolute atomic E-state index is 14.2. The molecule has 2 saturated carbocycles. The average molecular weight is 583 g/mol. The van der Waals surface area contributed by atoms with E-state index < -0.39 is 35.3 Å². The molecule has 42 heavy (non-hydrogen) atoms. The van der Waals surface area contributed by atoms with Gasteiger partial charge in [0.15, 0.2) is 0 Å². The van der Waals surface area contributed by atoms with Crippen LogP contribution in [0.1, 0.15) is 62.5 Å². The van der Waals surface area contributed by atoms with Crippen molar-refractivity contribution in [2.75, 3.05) is 10.6 Å². The number of carbonyl (C=O) groups excluding carboxylic acids is 2. The zero-order valence-electron chi connectivity index (χ0n) is 23.2. The van der Waals surface area contributed by atoms with Crippen LogP contribution in [-0.2, 0) is 13.1 Å². The van der Waals surface area contributed by atoms with Gasteiger partial charge in [-0.2, -0.15) is 0 Å². The molecule has 2 aliphatic rings. The molecule has 0 heterocycles. The van der Waals surface area contributed by atoms with Gasteiger partial charge in [-0.05, 0) is 61.1 Å². The molecule has 0 atom stereocenters. The van der Waals surface area contributed by atoms with Gasteiger partial charge in [-0.1, -0.05) is 49.9 Å². The first-order valence-electron chi connectivity index (χ1n) is 14.4. The van der Waals surface area contributed by atoms with Crippen molar-refractivity contribution in [3.8, 4) is 0 Å². The lowest BCUT2D eigenvalue weighted by Crippen LogP contribution is -2.41. The summed E-state index contributed by atoms with van der Waals surface area (Å²) in [5.41, 5.74) is 1.58. The standard InChI is InChI=1S/C32H34F4N4O2/c33-23-13-15-29(27(35)17-23)37-31(41)39(25-5-1-2-6-25)19-21-9-11-22(12-10-21)20-40(26-7-3-4-8-26)32(42)38-30-16-14-24(34)18-28(30)36/h9-18,25-26H,1-8,19-20H2,(H,37,41)(H,38,42). The van der Waals surface area contributed by atoms with Crippen molar-refractivity contribution in [3.05, 3.63) is 95.1 Å². The Morgan fingerprint density at radius 3 is 1.29 bits per heavy atom. The Bertz CT molecular complexity index is 1300. The predicted octanol–water partition coefficient (Wildman–Crippen LogP) is 8.20. The summed E-state index contributed by atoms with van der Waals surface area (Å²) in [6, 6.07) is 12.8. The van der Waals surface area contributed by atoms with E-state index >= 15 is 0 Å². The minimum atomic E-state index is -0.836. The molecule has 6 nitrogen and oxygen atoms in total. The summed E-state index contributed by atoms with van der Waals surface area (Å²) in [5, 5.41) is 5.18. The lowest BCUT2D eigenvalue weighted by molar-refractivity contribution is 0.183. The highest BCUT2D eigenvalue weighted by Gasteiger charge is 2.29. The largest absolute Gasteiger partial charge is 0.322 e. The van der Waals surface area contributed by atoms with E-state index in [1.807, 2.05) is 24.3 Å². The van der Waals surface area contributed by atoms with E-state index in [0.717, 1.165) is 86.8 Å². The maximum Gasteiger partial charge on any atom is 0.322 e. The average Bonchev–Trinajstić information content (AvgIpc) is 3.69. The lowest BCUT2D eigenvalue weighted by Gasteiger charge is -2.30. The van der Waals surface area contributed by atoms with Gasteiger partial charge >= 0.3 is 12.1 Å². The Kier molecular flexibility index (Phi) is 9.29. The minimum absolute atomic E-state index is 0.00148. The molecule has 4 amide bonds. The molecule has 5 rings (SSSR count). The van der Waals surface area contributed by atoms with E-state index in [1.54, 1.807) is 9.80 Å². The second-order valence-corrected chi connectivity index (χ2v) is 11.1. The molecule has 0 saturated heterocycles. The molecular formula is C32H34F4N4O2. The number of hydrogen-bond donors (Lipinski definition) is 2. The monoisotopic (exact) mass is 582 g/mol. The fourth-order valence-corrected chi connectivity index (χ4v) is 5.86. The second-order valence-electron chi connectivity index (χ2n) is 11.1. The summed E-state index contributed by atoms with van der Waals surface area (Å²) in [4.78, 5) is 29.8. The molecule has 10 heteroatoms. The highest BCUT2D eigenvalue weighted by Crippen LogP contribution is 2.28. The van der Waals surface area contributed by atoms with Crippen molar-refractivity contribution in [2.45, 2.75) is 76.5 Å². The third-order valence-electron chi connectivity index (χ3n) is 8.13. The van der Waals surface area contributed by atoms with E-state index in [1.165, 1.54) is 12.1 Å². The van der Waals surface area contributed by atoms with E-state index in [9.17, 15) is 27.2 Å². The maximum atomic E-state index is 14.2. The zero-order valence-corrected chi connectivity index (χ0v) is 23.2. The Hall–Kier alpha value is -4.08. The summed E-state index contributed by atoms with van der Waals surface area (Å²) in [5.74, 6) is -3.11. The van der Waals surface area contributed by atoms with E-state index in [4.69, 9.17) is 0 Å². The minimum Gasteiger partial charge on any atom is -0.317 e. The number of rotatable bonds is 8. The molecule has 0 radical (unpaired) electrons. The van der Waals surface area contributed by atoms with Crippen molar-refractivity contribution in [3.63, 3.8) is 0 Å². The highest BCUT2D eigenvalue weighted by atomic mass is 19.1. The highest BCUT2D eigenvalue weighted by molar-refractivity contribution is 5.90. The molecule has 0 aromatic heterocycles. The molecule has 222 valence electrons. The molecule has 2 fully saturated rings. The molecule has 0 unspecified atom stereocenters. The summed E-state index contributed by atoms with van der Waals surface area (Å²) in [6.45, 7) is 0.604. The number of amides is 4. The van der Waals surface area contributed by atoms with Gasteiger partial charge in [0, 0.05) is 37.3 Å². The molecule has 0 bridgehead atoms. The van der Waals surface area contributed by atoms with Crippen LogP contribution in [0.2, 0.25) is 0 Å². The van der Waals surface area contributed by atoms with Gasteiger partial charge in [0.2, 0.25) is 0 Å². The van der Waals surface area contributed by atoms with Crippen molar-refractivity contribution in [1.29, 1.82) is 0 Å². The van der Waals surface area contributed by atoms with Gasteiger partial charge in [-0.3, -0.25) is 0 Å². The molecule has 2 aliphatic carbocycles. The fraction of sp³-hybridized carbons (Fsp3) is 0.375. The number of benzene rings is 3. The smallest absolute Gasteiger partial charge is 0.317 e. The second kappa shape index (κ2) is 13.3. The summed E-state index contributed by atoms with van der Waals surface area (Å²) < 4.78 is 55.1. The van der Waals surface area contributed by atoms with Gasteiger partial charge in [0.25, 0.3) is 0 Å². The third kappa shape index (κ3) is 7.21. The van der Waals surface area contributed by atoms with Crippen LogP contribution in [0.3, 0.4) is 0 Å². The molecular weight excluding hydrogens is 548 g/mol. The summed E-state index contributed by atoms with van der Waals surface area (Å²) in [7, 11) is 0. The first-order chi connectivity index (χ1) is 20.3. The first-order valence-corrected chi connectivity index (χ1v) is 14.4. The number of halogens is 4. The quantitative estimate of drug-likeness (QED) is 0.263. The van der Waals surface area contributed by atoms with Gasteiger partial charge in [-0.15, -0.1) is 0 Å². The van der Waals surface area contributed by atoms with E-state index in [-0.39, 0.29) is 23.5 Å². The topological polar surface area (TPSA) is 64.7 Å². The van der Waals surface area contributed by atoms with Crippen molar-refractivity contribution in [2.24, 2.45) is 0 Å². The fourth-order valence-electron chi connectivity index (χ4n) is 5.86. The summed E-state index contributed by atoms with van der Waals surface area (Å²) in [6.07, 6.45) is 7.38. The van der Waals surface area contributed by atoms with Gasteiger partial charge in [-0.25, -0.2) is 27.2 Å². The molecule has 0 aliphatic heterocycles. The van der Waals surface area contributed by atoms with Crippen LogP contribution in [0.5, 0.6) is 0 Å². The Morgan fingerprint density at radius 2 is 0.952 bits per heavy atom. The van der Waals surface area contributed by atoms with E-state index in [0.29, 0.717) is 13.1 Å².